The molecule has 0 radical (unpaired) electrons. The minimum Gasteiger partial charge on any atom is -0.399 e. The monoisotopic (exact) mass is 324 g/mol. The Morgan fingerprint density at radius 2 is 1.04 bits per heavy atom. The van der Waals surface area contributed by atoms with Crippen molar-refractivity contribution in [2.24, 2.45) is 0 Å². The molecule has 0 saturated heterocycles. The number of benzene rings is 2. The molecule has 0 saturated carbocycles. The van der Waals surface area contributed by atoms with Crippen molar-refractivity contribution < 1.29 is 0 Å². The van der Waals surface area contributed by atoms with E-state index in [1.807, 2.05) is 12.1 Å². The van der Waals surface area contributed by atoms with Gasteiger partial charge in [0.25, 0.3) is 0 Å². The Bertz CT molecular complexity index is 589. The Morgan fingerprint density at radius 1 is 0.625 bits per heavy atom. The maximum atomic E-state index is 6.05. The second kappa shape index (κ2) is 9.36. The number of nitrogen functional groups attached to an aromatic ring is 2. The Labute approximate surface area is 147 Å². The van der Waals surface area contributed by atoms with Crippen LogP contribution in [0.2, 0.25) is 0 Å². The van der Waals surface area contributed by atoms with E-state index in [0.717, 1.165) is 24.2 Å². The third-order valence-corrected chi connectivity index (χ3v) is 4.65. The van der Waals surface area contributed by atoms with E-state index in [0.29, 0.717) is 0 Å². The molecular formula is C22H32N2. The molecule has 0 fully saturated rings. The molecule has 2 aromatic rings. The van der Waals surface area contributed by atoms with Gasteiger partial charge in [-0.05, 0) is 72.2 Å². The number of anilines is 2. The van der Waals surface area contributed by atoms with E-state index in [1.165, 1.54) is 60.8 Å². The van der Waals surface area contributed by atoms with Gasteiger partial charge in [-0.2, -0.15) is 0 Å². The number of rotatable bonds is 9. The predicted molar refractivity (Wildman–Crippen MR) is 107 cm³/mol. The highest BCUT2D eigenvalue weighted by atomic mass is 14.5. The Morgan fingerprint density at radius 3 is 1.42 bits per heavy atom. The lowest BCUT2D eigenvalue weighted by Gasteiger charge is -2.16. The largest absolute Gasteiger partial charge is 0.399 e. The molecule has 0 bridgehead atoms. The first-order valence-corrected chi connectivity index (χ1v) is 9.42. The van der Waals surface area contributed by atoms with Crippen LogP contribution in [-0.2, 0) is 12.8 Å². The van der Waals surface area contributed by atoms with Crippen LogP contribution in [0.1, 0.15) is 63.5 Å². The molecule has 130 valence electrons. The Kier molecular flexibility index (Phi) is 7.17. The van der Waals surface area contributed by atoms with Crippen molar-refractivity contribution in [1.29, 1.82) is 0 Å². The van der Waals surface area contributed by atoms with Crippen molar-refractivity contribution in [2.75, 3.05) is 11.5 Å². The first-order chi connectivity index (χ1) is 11.7. The molecule has 2 heteroatoms. The van der Waals surface area contributed by atoms with Crippen molar-refractivity contribution in [3.63, 3.8) is 0 Å². The quantitative estimate of drug-likeness (QED) is 0.440. The average molecular weight is 325 g/mol. The molecule has 2 nitrogen and oxygen atoms in total. The van der Waals surface area contributed by atoms with Gasteiger partial charge >= 0.3 is 0 Å². The van der Waals surface area contributed by atoms with Gasteiger partial charge in [0.1, 0.15) is 0 Å². The van der Waals surface area contributed by atoms with Gasteiger partial charge in [0, 0.05) is 11.4 Å². The summed E-state index contributed by atoms with van der Waals surface area (Å²) in [6.07, 6.45) is 9.61. The average Bonchev–Trinajstić information content (AvgIpc) is 2.56. The first kappa shape index (κ1) is 18.4. The summed E-state index contributed by atoms with van der Waals surface area (Å²) in [5, 5.41) is 0. The molecule has 0 unspecified atom stereocenters. The number of hydrogen-bond acceptors (Lipinski definition) is 2. The molecule has 0 aromatic heterocycles. The fourth-order valence-corrected chi connectivity index (χ4v) is 3.30. The molecule has 4 N–H and O–H groups in total. The highest BCUT2D eigenvalue weighted by molar-refractivity contribution is 5.74. The topological polar surface area (TPSA) is 52.0 Å². The fourth-order valence-electron chi connectivity index (χ4n) is 3.30. The van der Waals surface area contributed by atoms with Crippen LogP contribution in [0, 0.1) is 0 Å². The number of hydrogen-bond donors (Lipinski definition) is 2. The number of unbranched alkanes of at least 4 members (excludes halogenated alkanes) is 4. The number of nitrogens with two attached hydrogens (primary N) is 2. The van der Waals surface area contributed by atoms with Crippen molar-refractivity contribution in [2.45, 2.75) is 65.2 Å². The van der Waals surface area contributed by atoms with E-state index in [9.17, 15) is 0 Å². The SMILES string of the molecule is CCCCCc1cc(N)ccc1-c1ccc(N)cc1CCCCC. The van der Waals surface area contributed by atoms with E-state index < -0.39 is 0 Å². The van der Waals surface area contributed by atoms with Gasteiger partial charge in [-0.25, -0.2) is 0 Å². The normalized spacial score (nSPS) is 10.9. The second-order valence-corrected chi connectivity index (χ2v) is 6.75. The van der Waals surface area contributed by atoms with E-state index >= 15 is 0 Å². The molecule has 0 aliphatic rings. The maximum Gasteiger partial charge on any atom is 0.0317 e. The molecule has 0 amide bonds. The van der Waals surface area contributed by atoms with Crippen molar-refractivity contribution >= 4 is 11.4 Å². The number of aryl methyl sites for hydroxylation is 2. The molecule has 2 rings (SSSR count). The standard InChI is InChI=1S/C22H32N2/c1-3-5-7-9-17-15-19(23)11-13-21(17)22-14-12-20(24)16-18(22)10-8-6-4-2/h11-16H,3-10,23-24H2,1-2H3. The van der Waals surface area contributed by atoms with E-state index in [4.69, 9.17) is 11.5 Å². The summed E-state index contributed by atoms with van der Waals surface area (Å²) >= 11 is 0. The highest BCUT2D eigenvalue weighted by Gasteiger charge is 2.11. The lowest BCUT2D eigenvalue weighted by molar-refractivity contribution is 0.715. The lowest BCUT2D eigenvalue weighted by Crippen LogP contribution is -1.98. The molecule has 0 atom stereocenters. The summed E-state index contributed by atoms with van der Waals surface area (Å²) in [6.45, 7) is 4.48. The molecule has 0 aliphatic carbocycles. The zero-order chi connectivity index (χ0) is 17.4. The second-order valence-electron chi connectivity index (χ2n) is 6.75. The van der Waals surface area contributed by atoms with Gasteiger partial charge in [0.2, 0.25) is 0 Å². The van der Waals surface area contributed by atoms with Gasteiger partial charge in [-0.15, -0.1) is 0 Å². The summed E-state index contributed by atoms with van der Waals surface area (Å²) in [5.74, 6) is 0. The highest BCUT2D eigenvalue weighted by Crippen LogP contribution is 2.32. The van der Waals surface area contributed by atoms with Crippen LogP contribution in [0.15, 0.2) is 36.4 Å². The van der Waals surface area contributed by atoms with Crippen LogP contribution in [-0.4, -0.2) is 0 Å². The van der Waals surface area contributed by atoms with Crippen LogP contribution in [0.4, 0.5) is 11.4 Å². The Hall–Kier alpha value is -1.96. The smallest absolute Gasteiger partial charge is 0.0317 e. The molecule has 0 spiro atoms. The van der Waals surface area contributed by atoms with Crippen LogP contribution < -0.4 is 11.5 Å². The molecule has 0 heterocycles. The predicted octanol–water partition coefficient (Wildman–Crippen LogP) is 5.98. The zero-order valence-corrected chi connectivity index (χ0v) is 15.3. The third kappa shape index (κ3) is 5.02. The molecule has 24 heavy (non-hydrogen) atoms. The van der Waals surface area contributed by atoms with Gasteiger partial charge in [-0.1, -0.05) is 51.7 Å². The minimum atomic E-state index is 0.855. The van der Waals surface area contributed by atoms with Gasteiger partial charge in [-0.3, -0.25) is 0 Å². The lowest BCUT2D eigenvalue weighted by atomic mass is 9.90. The van der Waals surface area contributed by atoms with Crippen LogP contribution in [0.3, 0.4) is 0 Å². The zero-order valence-electron chi connectivity index (χ0n) is 15.3. The van der Waals surface area contributed by atoms with E-state index in [-0.39, 0.29) is 0 Å². The maximum absolute atomic E-state index is 6.05. The van der Waals surface area contributed by atoms with E-state index in [2.05, 4.69) is 38.1 Å². The van der Waals surface area contributed by atoms with Crippen molar-refractivity contribution in [3.05, 3.63) is 47.5 Å². The van der Waals surface area contributed by atoms with Crippen LogP contribution in [0.5, 0.6) is 0 Å². The fraction of sp³-hybridized carbons (Fsp3) is 0.455. The van der Waals surface area contributed by atoms with Gasteiger partial charge in [0.05, 0.1) is 0 Å². The van der Waals surface area contributed by atoms with E-state index in [1.54, 1.807) is 0 Å². The Balaban J connectivity index is 2.35. The summed E-state index contributed by atoms with van der Waals surface area (Å²) in [6, 6.07) is 12.7. The minimum absolute atomic E-state index is 0.855. The molecular weight excluding hydrogens is 292 g/mol. The van der Waals surface area contributed by atoms with Crippen LogP contribution >= 0.6 is 0 Å². The van der Waals surface area contributed by atoms with Gasteiger partial charge < -0.3 is 11.5 Å². The summed E-state index contributed by atoms with van der Waals surface area (Å²) in [7, 11) is 0. The summed E-state index contributed by atoms with van der Waals surface area (Å²) in [5.41, 5.74) is 19.2. The van der Waals surface area contributed by atoms with Crippen LogP contribution in [0.25, 0.3) is 11.1 Å². The first-order valence-electron chi connectivity index (χ1n) is 9.42. The summed E-state index contributed by atoms with van der Waals surface area (Å²) in [4.78, 5) is 0. The third-order valence-electron chi connectivity index (χ3n) is 4.65. The molecule has 0 aliphatic heterocycles. The molecule has 2 aromatic carbocycles. The summed E-state index contributed by atoms with van der Waals surface area (Å²) < 4.78 is 0. The van der Waals surface area contributed by atoms with Crippen molar-refractivity contribution in [3.8, 4) is 11.1 Å². The van der Waals surface area contributed by atoms with Gasteiger partial charge in [0.15, 0.2) is 0 Å². The van der Waals surface area contributed by atoms with Crippen molar-refractivity contribution in [1.82, 2.24) is 0 Å².